The van der Waals surface area contributed by atoms with Crippen LogP contribution in [0.15, 0.2) is 73.1 Å². The van der Waals surface area contributed by atoms with E-state index in [-0.39, 0.29) is 0 Å². The molecule has 0 atom stereocenters. The number of hydrogen-bond acceptors (Lipinski definition) is 3. The normalized spacial score (nSPS) is 10.8. The minimum Gasteiger partial charge on any atom is -0.508 e. The summed E-state index contributed by atoms with van der Waals surface area (Å²) in [6, 6.07) is 21.4. The van der Waals surface area contributed by atoms with Crippen molar-refractivity contribution in [2.24, 2.45) is 0 Å². The second-order valence-corrected chi connectivity index (χ2v) is 6.03. The molecule has 130 valence electrons. The maximum absolute atomic E-state index is 9.88. The largest absolute Gasteiger partial charge is 0.508 e. The number of H-pyrrole nitrogens is 1. The lowest BCUT2D eigenvalue weighted by Gasteiger charge is -2.08. The number of methoxy groups -OCH3 is 1. The maximum Gasteiger partial charge on any atom is 0.247 e. The Morgan fingerprint density at radius 2 is 1.85 bits per heavy atom. The van der Waals surface area contributed by atoms with Gasteiger partial charge in [0.1, 0.15) is 5.75 Å². The van der Waals surface area contributed by atoms with Crippen molar-refractivity contribution in [3.63, 3.8) is 0 Å². The standard InChI is InChI=1S/C21H19N3O2/c1-26-21-9-5-3-7-19(21)24-14-23-17-12-16(10-11-18(17)24)22-13-15-6-2-4-8-20(15)25/h2-12,14,22,25H,13H2,1H3/p+1. The van der Waals surface area contributed by atoms with E-state index >= 15 is 0 Å². The van der Waals surface area contributed by atoms with Gasteiger partial charge in [0.25, 0.3) is 0 Å². The molecule has 3 N–H and O–H groups in total. The van der Waals surface area contributed by atoms with Crippen LogP contribution in [0, 0.1) is 0 Å². The van der Waals surface area contributed by atoms with Crippen molar-refractivity contribution in [3.8, 4) is 17.2 Å². The van der Waals surface area contributed by atoms with Crippen LogP contribution in [0.4, 0.5) is 5.69 Å². The van der Waals surface area contributed by atoms with E-state index in [4.69, 9.17) is 4.74 Å². The summed E-state index contributed by atoms with van der Waals surface area (Å²) in [6.45, 7) is 0.561. The Morgan fingerprint density at radius 3 is 2.69 bits per heavy atom. The molecule has 3 aromatic carbocycles. The summed E-state index contributed by atoms with van der Waals surface area (Å²) in [6.07, 6.45) is 1.93. The molecule has 0 aliphatic heterocycles. The van der Waals surface area contributed by atoms with E-state index in [1.165, 1.54) is 0 Å². The third kappa shape index (κ3) is 2.95. The zero-order chi connectivity index (χ0) is 17.9. The minimum absolute atomic E-state index is 0.301. The third-order valence-electron chi connectivity index (χ3n) is 4.42. The molecule has 26 heavy (non-hydrogen) atoms. The van der Waals surface area contributed by atoms with Gasteiger partial charge in [-0.15, -0.1) is 0 Å². The molecule has 0 radical (unpaired) electrons. The molecule has 0 saturated carbocycles. The van der Waals surface area contributed by atoms with E-state index in [1.54, 1.807) is 13.2 Å². The van der Waals surface area contributed by atoms with E-state index in [0.717, 1.165) is 33.7 Å². The molecule has 1 aromatic heterocycles. The monoisotopic (exact) mass is 346 g/mol. The Labute approximate surface area is 151 Å². The number of rotatable bonds is 5. The second-order valence-electron chi connectivity index (χ2n) is 6.03. The fourth-order valence-electron chi connectivity index (χ4n) is 3.06. The van der Waals surface area contributed by atoms with Gasteiger partial charge in [0.15, 0.2) is 22.5 Å². The van der Waals surface area contributed by atoms with Crippen LogP contribution in [-0.2, 0) is 6.54 Å². The molecule has 4 aromatic rings. The van der Waals surface area contributed by atoms with Crippen LogP contribution in [0.25, 0.3) is 16.7 Å². The van der Waals surface area contributed by atoms with Crippen LogP contribution in [0.3, 0.4) is 0 Å². The van der Waals surface area contributed by atoms with Crippen LogP contribution >= 0.6 is 0 Å². The Bertz CT molecular complexity index is 1060. The predicted octanol–water partition coefficient (Wildman–Crippen LogP) is 3.77. The van der Waals surface area contributed by atoms with Crippen molar-refractivity contribution in [2.45, 2.75) is 6.54 Å². The number of phenols is 1. The van der Waals surface area contributed by atoms with E-state index in [2.05, 4.69) is 27.0 Å². The number of ether oxygens (including phenoxy) is 1. The highest BCUT2D eigenvalue weighted by atomic mass is 16.5. The van der Waals surface area contributed by atoms with Crippen molar-refractivity contribution in [2.75, 3.05) is 12.4 Å². The summed E-state index contributed by atoms with van der Waals surface area (Å²) in [5, 5.41) is 13.2. The summed E-state index contributed by atoms with van der Waals surface area (Å²) in [4.78, 5) is 3.31. The Kier molecular flexibility index (Phi) is 4.19. The van der Waals surface area contributed by atoms with Crippen LogP contribution < -0.4 is 14.6 Å². The molecule has 4 rings (SSSR count). The summed E-state index contributed by atoms with van der Waals surface area (Å²) in [5.41, 5.74) is 4.90. The Balaban J connectivity index is 1.62. The van der Waals surface area contributed by atoms with Crippen molar-refractivity contribution >= 4 is 16.7 Å². The van der Waals surface area contributed by atoms with Crippen LogP contribution in [0.1, 0.15) is 5.56 Å². The van der Waals surface area contributed by atoms with Crippen LogP contribution in [0.5, 0.6) is 11.5 Å². The highest BCUT2D eigenvalue weighted by molar-refractivity contribution is 5.76. The number of phenolic OH excluding ortho intramolecular Hbond substituents is 1. The Hall–Kier alpha value is -3.47. The van der Waals surface area contributed by atoms with E-state index in [1.807, 2.05) is 54.9 Å². The molecule has 0 aliphatic carbocycles. The number of aromatic hydroxyl groups is 1. The highest BCUT2D eigenvalue weighted by Gasteiger charge is 2.16. The van der Waals surface area contributed by atoms with Gasteiger partial charge in [-0.05, 0) is 30.3 Å². The van der Waals surface area contributed by atoms with Crippen molar-refractivity contribution < 1.29 is 14.4 Å². The van der Waals surface area contributed by atoms with Gasteiger partial charge in [0, 0.05) is 23.9 Å². The predicted molar refractivity (Wildman–Crippen MR) is 102 cm³/mol. The molecule has 0 spiro atoms. The first-order chi connectivity index (χ1) is 12.8. The minimum atomic E-state index is 0.301. The number of benzene rings is 3. The molecule has 0 fully saturated rings. The number of fused-ring (bicyclic) bond motifs is 1. The maximum atomic E-state index is 9.88. The van der Waals surface area contributed by atoms with Crippen molar-refractivity contribution in [1.29, 1.82) is 0 Å². The number of nitrogens with zero attached hydrogens (tertiary/aromatic N) is 1. The molecule has 0 bridgehead atoms. The van der Waals surface area contributed by atoms with Crippen molar-refractivity contribution in [1.82, 2.24) is 4.98 Å². The average molecular weight is 346 g/mol. The second kappa shape index (κ2) is 6.80. The Morgan fingerprint density at radius 1 is 1.04 bits per heavy atom. The summed E-state index contributed by atoms with van der Waals surface area (Å²) < 4.78 is 7.54. The van der Waals surface area contributed by atoms with Gasteiger partial charge in [0.2, 0.25) is 6.33 Å². The molecule has 0 unspecified atom stereocenters. The van der Waals surface area contributed by atoms with Gasteiger partial charge in [-0.3, -0.25) is 0 Å². The summed E-state index contributed by atoms with van der Waals surface area (Å²) in [5.74, 6) is 1.12. The lowest BCUT2D eigenvalue weighted by atomic mass is 10.2. The zero-order valence-electron chi connectivity index (χ0n) is 14.4. The molecule has 5 heteroatoms. The molecular weight excluding hydrogens is 326 g/mol. The van der Waals surface area contributed by atoms with Gasteiger partial charge >= 0.3 is 0 Å². The topological polar surface area (TPSA) is 61.2 Å². The number of hydrogen-bond donors (Lipinski definition) is 3. The fraction of sp³-hybridized carbons (Fsp3) is 0.0952. The lowest BCUT2D eigenvalue weighted by molar-refractivity contribution is -0.567. The van der Waals surface area contributed by atoms with Gasteiger partial charge in [0.05, 0.1) is 7.11 Å². The number of nitrogens with one attached hydrogen (secondary N) is 2. The molecule has 0 saturated heterocycles. The van der Waals surface area contributed by atoms with Gasteiger partial charge in [-0.2, -0.15) is 4.57 Å². The fourth-order valence-corrected chi connectivity index (χ4v) is 3.06. The van der Waals surface area contributed by atoms with Gasteiger partial charge < -0.3 is 15.2 Å². The van der Waals surface area contributed by atoms with Gasteiger partial charge in [-0.1, -0.05) is 30.3 Å². The lowest BCUT2D eigenvalue weighted by Crippen LogP contribution is -2.29. The number of para-hydroxylation sites is 3. The highest BCUT2D eigenvalue weighted by Crippen LogP contribution is 2.22. The van der Waals surface area contributed by atoms with Gasteiger partial charge in [-0.25, -0.2) is 4.98 Å². The van der Waals surface area contributed by atoms with E-state index in [9.17, 15) is 5.11 Å². The molecule has 0 amide bonds. The van der Waals surface area contributed by atoms with Crippen LogP contribution in [0.2, 0.25) is 0 Å². The number of imidazole rings is 1. The third-order valence-corrected chi connectivity index (χ3v) is 4.42. The van der Waals surface area contributed by atoms with Crippen LogP contribution in [-0.4, -0.2) is 17.2 Å². The summed E-state index contributed by atoms with van der Waals surface area (Å²) in [7, 11) is 1.68. The van der Waals surface area contributed by atoms with E-state index < -0.39 is 0 Å². The number of aromatic amines is 1. The first kappa shape index (κ1) is 16.0. The quantitative estimate of drug-likeness (QED) is 0.482. The SMILES string of the molecule is COc1ccccc1-[n+]1c[nH]c2cc(NCc3ccccc3O)ccc21. The summed E-state index contributed by atoms with van der Waals surface area (Å²) >= 11 is 0. The smallest absolute Gasteiger partial charge is 0.247 e. The zero-order valence-corrected chi connectivity index (χ0v) is 14.4. The number of aromatic nitrogens is 2. The first-order valence-corrected chi connectivity index (χ1v) is 8.43. The molecule has 1 heterocycles. The van der Waals surface area contributed by atoms with E-state index in [0.29, 0.717) is 12.3 Å². The van der Waals surface area contributed by atoms with Crippen molar-refractivity contribution in [3.05, 3.63) is 78.6 Å². The molecule has 0 aliphatic rings. The average Bonchev–Trinajstić information content (AvgIpc) is 3.10. The number of anilines is 1. The molecule has 5 nitrogen and oxygen atoms in total. The molecular formula is C21H20N3O2+. The first-order valence-electron chi connectivity index (χ1n) is 8.43.